The number of benzene rings is 2. The molecule has 2 aromatic carbocycles. The number of aryl methyl sites for hydroxylation is 1. The van der Waals surface area contributed by atoms with E-state index in [1.54, 1.807) is 19.1 Å². The lowest BCUT2D eigenvalue weighted by atomic mass is 10.2. The van der Waals surface area contributed by atoms with Crippen molar-refractivity contribution >= 4 is 45.6 Å². The number of hydrogen-bond donors (Lipinski definition) is 3. The zero-order chi connectivity index (χ0) is 24.4. The summed E-state index contributed by atoms with van der Waals surface area (Å²) in [7, 11) is 1.46. The van der Waals surface area contributed by atoms with Gasteiger partial charge in [0.1, 0.15) is 0 Å². The van der Waals surface area contributed by atoms with Gasteiger partial charge in [0.15, 0.2) is 18.1 Å². The number of para-hydroxylation sites is 1. The molecule has 33 heavy (non-hydrogen) atoms. The summed E-state index contributed by atoms with van der Waals surface area (Å²) in [5.74, 6) is -1.24. The Morgan fingerprint density at radius 1 is 1.18 bits per heavy atom. The lowest BCUT2D eigenvalue weighted by Crippen LogP contribution is -2.41. The fourth-order valence-corrected chi connectivity index (χ4v) is 3.17. The fourth-order valence-electron chi connectivity index (χ4n) is 2.60. The van der Waals surface area contributed by atoms with Gasteiger partial charge in [-0.15, -0.1) is 0 Å². The molecule has 2 aromatic rings. The number of nitrogens with zero attached hydrogens (tertiary/aromatic N) is 1. The van der Waals surface area contributed by atoms with Crippen LogP contribution in [0.4, 0.5) is 5.69 Å². The van der Waals surface area contributed by atoms with Gasteiger partial charge in [0, 0.05) is 11.7 Å². The summed E-state index contributed by atoms with van der Waals surface area (Å²) in [4.78, 5) is 35.8. The van der Waals surface area contributed by atoms with Crippen molar-refractivity contribution in [2.75, 3.05) is 19.0 Å². The van der Waals surface area contributed by atoms with Crippen LogP contribution in [0.1, 0.15) is 31.4 Å². The predicted octanol–water partition coefficient (Wildman–Crippen LogP) is 3.15. The average molecular weight is 519 g/mol. The first-order valence-electron chi connectivity index (χ1n) is 10.2. The number of anilines is 1. The van der Waals surface area contributed by atoms with E-state index < -0.39 is 11.8 Å². The maximum Gasteiger partial charge on any atom is 0.329 e. The highest BCUT2D eigenvalue weighted by Gasteiger charge is 2.15. The molecule has 0 heterocycles. The van der Waals surface area contributed by atoms with Gasteiger partial charge in [-0.2, -0.15) is 5.10 Å². The molecule has 0 bridgehead atoms. The van der Waals surface area contributed by atoms with Crippen LogP contribution in [0.3, 0.4) is 0 Å². The topological polar surface area (TPSA) is 118 Å². The van der Waals surface area contributed by atoms with E-state index in [2.05, 4.69) is 37.1 Å². The smallest absolute Gasteiger partial charge is 0.329 e. The van der Waals surface area contributed by atoms with Crippen molar-refractivity contribution < 1.29 is 23.9 Å². The van der Waals surface area contributed by atoms with Crippen LogP contribution in [0.2, 0.25) is 0 Å². The molecule has 10 heteroatoms. The van der Waals surface area contributed by atoms with Crippen LogP contribution in [-0.4, -0.2) is 43.7 Å². The van der Waals surface area contributed by atoms with Crippen LogP contribution in [0.25, 0.3) is 0 Å². The van der Waals surface area contributed by atoms with Crippen molar-refractivity contribution in [3.8, 4) is 11.5 Å². The van der Waals surface area contributed by atoms with Gasteiger partial charge in [-0.1, -0.05) is 25.1 Å². The normalized spacial score (nSPS) is 11.5. The van der Waals surface area contributed by atoms with E-state index in [-0.39, 0.29) is 18.6 Å². The van der Waals surface area contributed by atoms with Gasteiger partial charge in [0.25, 0.3) is 5.91 Å². The van der Waals surface area contributed by atoms with Crippen LogP contribution in [0, 0.1) is 6.92 Å². The number of hydrazone groups is 1. The fraction of sp³-hybridized carbons (Fsp3) is 0.304. The Morgan fingerprint density at radius 3 is 2.58 bits per heavy atom. The number of rotatable bonds is 9. The highest BCUT2D eigenvalue weighted by Crippen LogP contribution is 2.36. The van der Waals surface area contributed by atoms with Crippen LogP contribution in [-0.2, 0) is 14.4 Å². The number of methoxy groups -OCH3 is 1. The quantitative estimate of drug-likeness (QED) is 0.267. The summed E-state index contributed by atoms with van der Waals surface area (Å²) in [6, 6.07) is 10.6. The van der Waals surface area contributed by atoms with Crippen molar-refractivity contribution in [3.63, 3.8) is 0 Å². The van der Waals surface area contributed by atoms with Gasteiger partial charge in [-0.25, -0.2) is 5.43 Å². The molecule has 0 saturated heterocycles. The molecular formula is C23H27BrN4O5. The average Bonchev–Trinajstić information content (AvgIpc) is 2.79. The first kappa shape index (κ1) is 25.9. The number of halogens is 1. The van der Waals surface area contributed by atoms with Crippen molar-refractivity contribution in [1.29, 1.82) is 0 Å². The summed E-state index contributed by atoms with van der Waals surface area (Å²) in [6.45, 7) is 5.37. The zero-order valence-corrected chi connectivity index (χ0v) is 20.5. The van der Waals surface area contributed by atoms with Crippen molar-refractivity contribution in [3.05, 3.63) is 52.0 Å². The highest BCUT2D eigenvalue weighted by molar-refractivity contribution is 9.10. The van der Waals surface area contributed by atoms with E-state index >= 15 is 0 Å². The van der Waals surface area contributed by atoms with Gasteiger partial charge in [-0.3, -0.25) is 14.4 Å². The predicted molar refractivity (Wildman–Crippen MR) is 130 cm³/mol. The van der Waals surface area contributed by atoms with Gasteiger partial charge in [-0.05, 0) is 65.5 Å². The Morgan fingerprint density at radius 2 is 1.91 bits per heavy atom. The molecule has 3 amide bonds. The van der Waals surface area contributed by atoms with Gasteiger partial charge in [0.2, 0.25) is 0 Å². The maximum absolute atomic E-state index is 12.3. The third kappa shape index (κ3) is 7.90. The molecule has 0 saturated carbocycles. The van der Waals surface area contributed by atoms with E-state index in [9.17, 15) is 14.4 Å². The number of ether oxygens (including phenoxy) is 2. The van der Waals surface area contributed by atoms with E-state index in [1.807, 2.05) is 38.1 Å². The number of carbonyl (C=O) groups excluding carboxylic acids is 3. The highest BCUT2D eigenvalue weighted by atomic mass is 79.9. The molecule has 0 aliphatic rings. The van der Waals surface area contributed by atoms with E-state index in [0.717, 1.165) is 5.56 Å². The first-order chi connectivity index (χ1) is 15.7. The SMILES string of the molecule is CC[C@@H](C)NC(=O)C(=O)N/N=C\c1cc(Br)c(OCC(=O)Nc2ccccc2C)c(OC)c1. The number of carbonyl (C=O) groups is 3. The number of nitrogens with one attached hydrogen (secondary N) is 3. The lowest BCUT2D eigenvalue weighted by Gasteiger charge is -2.14. The molecule has 3 N–H and O–H groups in total. The van der Waals surface area contributed by atoms with Crippen LogP contribution < -0.4 is 25.5 Å². The summed E-state index contributed by atoms with van der Waals surface area (Å²) in [6.07, 6.45) is 2.06. The number of hydrogen-bond acceptors (Lipinski definition) is 6. The Hall–Kier alpha value is -3.40. The monoisotopic (exact) mass is 518 g/mol. The Labute approximate surface area is 201 Å². The van der Waals surface area contributed by atoms with Crippen molar-refractivity contribution in [1.82, 2.24) is 10.7 Å². The summed E-state index contributed by atoms with van der Waals surface area (Å²) in [5.41, 5.74) is 4.40. The molecule has 0 aliphatic heterocycles. The van der Waals surface area contributed by atoms with Crippen LogP contribution >= 0.6 is 15.9 Å². The molecule has 176 valence electrons. The summed E-state index contributed by atoms with van der Waals surface area (Å²) >= 11 is 3.40. The zero-order valence-electron chi connectivity index (χ0n) is 18.9. The van der Waals surface area contributed by atoms with E-state index in [0.29, 0.717) is 33.6 Å². The Kier molecular flexibility index (Phi) is 9.86. The summed E-state index contributed by atoms with van der Waals surface area (Å²) in [5, 5.41) is 9.15. The van der Waals surface area contributed by atoms with Gasteiger partial charge >= 0.3 is 11.8 Å². The molecule has 0 aliphatic carbocycles. The molecule has 0 aromatic heterocycles. The second-order valence-electron chi connectivity index (χ2n) is 7.17. The Balaban J connectivity index is 2.00. The molecular weight excluding hydrogens is 492 g/mol. The van der Waals surface area contributed by atoms with E-state index in [1.165, 1.54) is 13.3 Å². The summed E-state index contributed by atoms with van der Waals surface area (Å²) < 4.78 is 11.5. The van der Waals surface area contributed by atoms with Gasteiger partial charge < -0.3 is 20.1 Å². The van der Waals surface area contributed by atoms with Gasteiger partial charge in [0.05, 0.1) is 17.8 Å². The molecule has 9 nitrogen and oxygen atoms in total. The third-order valence-electron chi connectivity index (χ3n) is 4.59. The van der Waals surface area contributed by atoms with Crippen LogP contribution in [0.5, 0.6) is 11.5 Å². The molecule has 0 unspecified atom stereocenters. The molecule has 0 radical (unpaired) electrons. The molecule has 0 fully saturated rings. The maximum atomic E-state index is 12.3. The first-order valence-corrected chi connectivity index (χ1v) is 11.0. The standard InChI is InChI=1S/C23H27BrN4O5/c1-5-15(3)26-22(30)23(31)28-25-12-16-10-17(24)21(19(11-16)32-4)33-13-20(29)27-18-9-7-6-8-14(18)2/h6-12,15H,5,13H2,1-4H3,(H,26,30)(H,27,29)(H,28,31)/b25-12-/t15-/m1/s1. The second kappa shape index (κ2) is 12.6. The van der Waals surface area contributed by atoms with E-state index in [4.69, 9.17) is 9.47 Å². The van der Waals surface area contributed by atoms with Crippen LogP contribution in [0.15, 0.2) is 46.0 Å². The second-order valence-corrected chi connectivity index (χ2v) is 8.02. The number of amides is 3. The minimum Gasteiger partial charge on any atom is -0.493 e. The largest absolute Gasteiger partial charge is 0.493 e. The van der Waals surface area contributed by atoms with Crippen molar-refractivity contribution in [2.45, 2.75) is 33.2 Å². The lowest BCUT2D eigenvalue weighted by molar-refractivity contribution is -0.139. The Bertz CT molecular complexity index is 1040. The minimum absolute atomic E-state index is 0.112. The van der Waals surface area contributed by atoms with Crippen molar-refractivity contribution in [2.24, 2.45) is 5.10 Å². The molecule has 1 atom stereocenters. The minimum atomic E-state index is -0.864. The third-order valence-corrected chi connectivity index (χ3v) is 5.18. The molecule has 0 spiro atoms. The molecule has 2 rings (SSSR count).